The van der Waals surface area contributed by atoms with E-state index in [4.69, 9.17) is 4.74 Å². The van der Waals surface area contributed by atoms with Crippen LogP contribution in [0.2, 0.25) is 0 Å². The standard InChI is InChI=1S/C8H12N2O2/c1-3-6(12-2)8-9-5-4-7(11)10-8/h4-6H,3H2,1-2H3,(H,9,10,11). The molecule has 0 radical (unpaired) electrons. The van der Waals surface area contributed by atoms with E-state index in [-0.39, 0.29) is 11.7 Å². The molecular weight excluding hydrogens is 156 g/mol. The van der Waals surface area contributed by atoms with Crippen LogP contribution < -0.4 is 5.56 Å². The van der Waals surface area contributed by atoms with Crippen LogP contribution in [0.1, 0.15) is 25.3 Å². The SMILES string of the molecule is CCC(OC)c1nccc(=O)[nH]1. The van der Waals surface area contributed by atoms with Gasteiger partial charge in [-0.3, -0.25) is 4.79 Å². The number of aromatic amines is 1. The van der Waals surface area contributed by atoms with Crippen molar-refractivity contribution in [3.05, 3.63) is 28.4 Å². The molecule has 0 spiro atoms. The molecular formula is C8H12N2O2. The molecule has 4 heteroatoms. The Morgan fingerprint density at radius 3 is 3.00 bits per heavy atom. The summed E-state index contributed by atoms with van der Waals surface area (Å²) in [5.41, 5.74) is -0.143. The average Bonchev–Trinajstić information content (AvgIpc) is 2.07. The van der Waals surface area contributed by atoms with Crippen molar-refractivity contribution in [1.29, 1.82) is 0 Å². The minimum Gasteiger partial charge on any atom is -0.374 e. The smallest absolute Gasteiger partial charge is 0.250 e. The lowest BCUT2D eigenvalue weighted by Gasteiger charge is -2.10. The van der Waals surface area contributed by atoms with Crippen molar-refractivity contribution in [3.8, 4) is 0 Å². The summed E-state index contributed by atoms with van der Waals surface area (Å²) in [7, 11) is 1.60. The van der Waals surface area contributed by atoms with Gasteiger partial charge < -0.3 is 9.72 Å². The molecule has 0 fully saturated rings. The largest absolute Gasteiger partial charge is 0.374 e. The number of nitrogens with one attached hydrogen (secondary N) is 1. The molecule has 0 saturated carbocycles. The van der Waals surface area contributed by atoms with E-state index in [1.807, 2.05) is 6.92 Å². The van der Waals surface area contributed by atoms with Crippen molar-refractivity contribution >= 4 is 0 Å². The lowest BCUT2D eigenvalue weighted by atomic mass is 10.2. The fourth-order valence-electron chi connectivity index (χ4n) is 1.02. The first-order chi connectivity index (χ1) is 5.77. The van der Waals surface area contributed by atoms with Gasteiger partial charge in [0.25, 0.3) is 5.56 Å². The lowest BCUT2D eigenvalue weighted by Crippen LogP contribution is -2.13. The summed E-state index contributed by atoms with van der Waals surface area (Å²) in [4.78, 5) is 17.5. The van der Waals surface area contributed by atoms with E-state index < -0.39 is 0 Å². The molecule has 1 N–H and O–H groups in total. The quantitative estimate of drug-likeness (QED) is 0.728. The number of aromatic nitrogens is 2. The van der Waals surface area contributed by atoms with Gasteiger partial charge in [-0.05, 0) is 6.42 Å². The molecule has 0 saturated heterocycles. The fourth-order valence-corrected chi connectivity index (χ4v) is 1.02. The van der Waals surface area contributed by atoms with Gasteiger partial charge in [0, 0.05) is 19.4 Å². The van der Waals surface area contributed by atoms with E-state index in [2.05, 4.69) is 9.97 Å². The molecule has 0 aromatic carbocycles. The number of ether oxygens (including phenoxy) is 1. The van der Waals surface area contributed by atoms with Crippen molar-refractivity contribution in [1.82, 2.24) is 9.97 Å². The molecule has 0 aliphatic rings. The second kappa shape index (κ2) is 4.01. The average molecular weight is 168 g/mol. The van der Waals surface area contributed by atoms with Gasteiger partial charge >= 0.3 is 0 Å². The molecule has 1 atom stereocenters. The van der Waals surface area contributed by atoms with Crippen LogP contribution in [0.4, 0.5) is 0 Å². The van der Waals surface area contributed by atoms with Gasteiger partial charge in [-0.1, -0.05) is 6.92 Å². The minimum absolute atomic E-state index is 0.112. The van der Waals surface area contributed by atoms with Crippen molar-refractivity contribution in [2.24, 2.45) is 0 Å². The summed E-state index contributed by atoms with van der Waals surface area (Å²) >= 11 is 0. The van der Waals surface area contributed by atoms with Gasteiger partial charge in [0.05, 0.1) is 0 Å². The highest BCUT2D eigenvalue weighted by Crippen LogP contribution is 2.13. The molecule has 0 aliphatic heterocycles. The zero-order chi connectivity index (χ0) is 8.97. The summed E-state index contributed by atoms with van der Waals surface area (Å²) in [6.07, 6.45) is 2.16. The van der Waals surface area contributed by atoms with Crippen molar-refractivity contribution in [2.45, 2.75) is 19.4 Å². The predicted octanol–water partition coefficient (Wildman–Crippen LogP) is 0.867. The van der Waals surface area contributed by atoms with Gasteiger partial charge in [0.2, 0.25) is 0 Å². The molecule has 1 aromatic heterocycles. The Morgan fingerprint density at radius 1 is 1.75 bits per heavy atom. The number of hydrogen-bond acceptors (Lipinski definition) is 3. The maximum atomic E-state index is 10.9. The van der Waals surface area contributed by atoms with Crippen LogP contribution in [0.25, 0.3) is 0 Å². The van der Waals surface area contributed by atoms with E-state index >= 15 is 0 Å². The molecule has 1 rings (SSSR count). The second-order valence-corrected chi connectivity index (χ2v) is 2.45. The van der Waals surface area contributed by atoms with Crippen LogP contribution in [-0.4, -0.2) is 17.1 Å². The van der Waals surface area contributed by atoms with E-state index in [0.29, 0.717) is 5.82 Å². The van der Waals surface area contributed by atoms with Crippen molar-refractivity contribution < 1.29 is 4.74 Å². The summed E-state index contributed by atoms with van der Waals surface area (Å²) < 4.78 is 5.11. The molecule has 0 amide bonds. The second-order valence-electron chi connectivity index (χ2n) is 2.45. The van der Waals surface area contributed by atoms with Gasteiger partial charge in [-0.25, -0.2) is 4.98 Å². The summed E-state index contributed by atoms with van der Waals surface area (Å²) in [5, 5.41) is 0. The van der Waals surface area contributed by atoms with Crippen LogP contribution >= 0.6 is 0 Å². The summed E-state index contributed by atoms with van der Waals surface area (Å²) in [5.74, 6) is 0.590. The molecule has 1 heterocycles. The molecule has 12 heavy (non-hydrogen) atoms. The maximum absolute atomic E-state index is 10.9. The Balaban J connectivity index is 2.93. The number of rotatable bonds is 3. The predicted molar refractivity (Wildman–Crippen MR) is 44.9 cm³/mol. The Morgan fingerprint density at radius 2 is 2.50 bits per heavy atom. The first-order valence-corrected chi connectivity index (χ1v) is 3.86. The third kappa shape index (κ3) is 1.92. The number of hydrogen-bond donors (Lipinski definition) is 1. The summed E-state index contributed by atoms with van der Waals surface area (Å²) in [6, 6.07) is 1.38. The van der Waals surface area contributed by atoms with Crippen LogP contribution in [0, 0.1) is 0 Å². The zero-order valence-electron chi connectivity index (χ0n) is 7.20. The molecule has 0 aliphatic carbocycles. The van der Waals surface area contributed by atoms with Gasteiger partial charge in [-0.2, -0.15) is 0 Å². The van der Waals surface area contributed by atoms with E-state index in [9.17, 15) is 4.79 Å². The third-order valence-electron chi connectivity index (χ3n) is 1.65. The molecule has 1 unspecified atom stereocenters. The maximum Gasteiger partial charge on any atom is 0.250 e. The minimum atomic E-state index is -0.143. The Hall–Kier alpha value is -1.16. The third-order valence-corrected chi connectivity index (χ3v) is 1.65. The van der Waals surface area contributed by atoms with Gasteiger partial charge in [0.15, 0.2) is 0 Å². The summed E-state index contributed by atoms with van der Waals surface area (Å²) in [6.45, 7) is 1.97. The van der Waals surface area contributed by atoms with Crippen molar-refractivity contribution in [3.63, 3.8) is 0 Å². The Bertz CT molecular complexity index is 291. The Labute approximate surface area is 70.6 Å². The zero-order valence-corrected chi connectivity index (χ0v) is 7.20. The van der Waals surface area contributed by atoms with E-state index in [1.54, 1.807) is 7.11 Å². The van der Waals surface area contributed by atoms with Crippen LogP contribution in [0.15, 0.2) is 17.1 Å². The van der Waals surface area contributed by atoms with Crippen LogP contribution in [-0.2, 0) is 4.74 Å². The molecule has 4 nitrogen and oxygen atoms in total. The topological polar surface area (TPSA) is 55.0 Å². The molecule has 1 aromatic rings. The van der Waals surface area contributed by atoms with Crippen molar-refractivity contribution in [2.75, 3.05) is 7.11 Å². The highest BCUT2D eigenvalue weighted by molar-refractivity contribution is 4.93. The monoisotopic (exact) mass is 168 g/mol. The number of methoxy groups -OCH3 is 1. The first-order valence-electron chi connectivity index (χ1n) is 3.86. The van der Waals surface area contributed by atoms with Crippen LogP contribution in [0.3, 0.4) is 0 Å². The van der Waals surface area contributed by atoms with Crippen LogP contribution in [0.5, 0.6) is 0 Å². The fraction of sp³-hybridized carbons (Fsp3) is 0.500. The van der Waals surface area contributed by atoms with Gasteiger partial charge in [-0.15, -0.1) is 0 Å². The lowest BCUT2D eigenvalue weighted by molar-refractivity contribution is 0.0923. The Kier molecular flexibility index (Phi) is 2.99. The number of H-pyrrole nitrogens is 1. The molecule has 66 valence electrons. The first kappa shape index (κ1) is 8.93. The highest BCUT2D eigenvalue weighted by Gasteiger charge is 2.08. The highest BCUT2D eigenvalue weighted by atomic mass is 16.5. The normalized spacial score (nSPS) is 12.8. The van der Waals surface area contributed by atoms with E-state index in [1.165, 1.54) is 12.3 Å². The van der Waals surface area contributed by atoms with Gasteiger partial charge in [0.1, 0.15) is 11.9 Å². The van der Waals surface area contributed by atoms with E-state index in [0.717, 1.165) is 6.42 Å². The molecule has 0 bridgehead atoms. The number of nitrogens with zero attached hydrogens (tertiary/aromatic N) is 1.